The smallest absolute Gasteiger partial charge is 0.309 e. The van der Waals surface area contributed by atoms with Gasteiger partial charge in [-0.2, -0.15) is 5.10 Å². The molecule has 142 valence electrons. The first-order chi connectivity index (χ1) is 12.6. The fourth-order valence-electron chi connectivity index (χ4n) is 4.86. The number of amides is 1. The third-order valence-corrected chi connectivity index (χ3v) is 6.30. The molecule has 3 fully saturated rings. The molecule has 1 saturated carbocycles. The molecular formula is C19H27N3O4. The number of carboxylic acids is 1. The van der Waals surface area contributed by atoms with E-state index in [9.17, 15) is 14.7 Å². The molecule has 7 heteroatoms. The molecule has 4 rings (SSSR count). The number of rotatable bonds is 4. The molecule has 0 spiro atoms. The van der Waals surface area contributed by atoms with Crippen molar-refractivity contribution in [3.05, 3.63) is 18.0 Å². The zero-order chi connectivity index (χ0) is 18.1. The number of likely N-dealkylation sites (tertiary alicyclic amines) is 1. The van der Waals surface area contributed by atoms with E-state index in [4.69, 9.17) is 4.74 Å². The summed E-state index contributed by atoms with van der Waals surface area (Å²) in [5.41, 5.74) is 0.691. The summed E-state index contributed by atoms with van der Waals surface area (Å²) in [7, 11) is 0. The SMILES string of the molecule is O=C(O)C1CCO[C@H]1C1CCN(C(=O)c2ccnn2C2CCCC2)CC1. The lowest BCUT2D eigenvalue weighted by Gasteiger charge is -2.35. The number of carboxylic acid groups (broad SMARTS) is 1. The van der Waals surface area contributed by atoms with Crippen molar-refractivity contribution in [1.29, 1.82) is 0 Å². The number of carbonyl (C=O) groups excluding carboxylic acids is 1. The van der Waals surface area contributed by atoms with Crippen molar-refractivity contribution < 1.29 is 19.4 Å². The molecule has 7 nitrogen and oxygen atoms in total. The predicted octanol–water partition coefficient (Wildman–Crippen LogP) is 2.34. The zero-order valence-electron chi connectivity index (χ0n) is 15.0. The Morgan fingerprint density at radius 1 is 1.12 bits per heavy atom. The van der Waals surface area contributed by atoms with E-state index in [1.54, 1.807) is 6.20 Å². The highest BCUT2D eigenvalue weighted by molar-refractivity contribution is 5.92. The molecule has 1 aliphatic carbocycles. The van der Waals surface area contributed by atoms with Gasteiger partial charge in [0.05, 0.1) is 18.1 Å². The van der Waals surface area contributed by atoms with Gasteiger partial charge in [-0.25, -0.2) is 0 Å². The van der Waals surface area contributed by atoms with Crippen LogP contribution in [0.5, 0.6) is 0 Å². The van der Waals surface area contributed by atoms with Crippen molar-refractivity contribution in [3.63, 3.8) is 0 Å². The van der Waals surface area contributed by atoms with Crippen LogP contribution in [0, 0.1) is 11.8 Å². The molecule has 1 aromatic heterocycles. The van der Waals surface area contributed by atoms with Gasteiger partial charge in [0.1, 0.15) is 5.69 Å². The molecule has 3 heterocycles. The molecule has 2 aliphatic heterocycles. The Kier molecular flexibility index (Phi) is 4.98. The highest BCUT2D eigenvalue weighted by Gasteiger charge is 2.41. The van der Waals surface area contributed by atoms with Crippen molar-refractivity contribution >= 4 is 11.9 Å². The number of carbonyl (C=O) groups is 2. The van der Waals surface area contributed by atoms with Crippen LogP contribution >= 0.6 is 0 Å². The summed E-state index contributed by atoms with van der Waals surface area (Å²) in [5, 5.41) is 13.8. The highest BCUT2D eigenvalue weighted by atomic mass is 16.5. The third kappa shape index (κ3) is 3.24. The van der Waals surface area contributed by atoms with Crippen LogP contribution in [0.15, 0.2) is 12.3 Å². The van der Waals surface area contributed by atoms with Crippen molar-refractivity contribution in [2.24, 2.45) is 11.8 Å². The first kappa shape index (κ1) is 17.5. The number of ether oxygens (including phenoxy) is 1. The molecule has 0 bridgehead atoms. The van der Waals surface area contributed by atoms with E-state index in [1.807, 2.05) is 15.6 Å². The number of hydrogen-bond donors (Lipinski definition) is 1. The highest BCUT2D eigenvalue weighted by Crippen LogP contribution is 2.34. The second-order valence-corrected chi connectivity index (χ2v) is 7.80. The molecular weight excluding hydrogens is 334 g/mol. The Labute approximate surface area is 153 Å². The molecule has 1 amide bonds. The Hall–Kier alpha value is -1.89. The van der Waals surface area contributed by atoms with Crippen molar-refractivity contribution in [3.8, 4) is 0 Å². The van der Waals surface area contributed by atoms with Crippen LogP contribution in [0.25, 0.3) is 0 Å². The van der Waals surface area contributed by atoms with E-state index >= 15 is 0 Å². The maximum absolute atomic E-state index is 13.0. The van der Waals surface area contributed by atoms with Gasteiger partial charge < -0.3 is 14.7 Å². The molecule has 1 aromatic rings. The van der Waals surface area contributed by atoms with Gasteiger partial charge in [0.25, 0.3) is 5.91 Å². The van der Waals surface area contributed by atoms with Gasteiger partial charge in [-0.1, -0.05) is 12.8 Å². The van der Waals surface area contributed by atoms with E-state index < -0.39 is 11.9 Å². The van der Waals surface area contributed by atoms with E-state index in [1.165, 1.54) is 12.8 Å². The molecule has 2 atom stereocenters. The van der Waals surface area contributed by atoms with E-state index in [2.05, 4.69) is 5.10 Å². The number of aromatic nitrogens is 2. The van der Waals surface area contributed by atoms with Gasteiger partial charge in [0.15, 0.2) is 0 Å². The Morgan fingerprint density at radius 3 is 2.54 bits per heavy atom. The zero-order valence-corrected chi connectivity index (χ0v) is 15.0. The predicted molar refractivity (Wildman–Crippen MR) is 93.8 cm³/mol. The number of hydrogen-bond acceptors (Lipinski definition) is 4. The van der Waals surface area contributed by atoms with Gasteiger partial charge in [-0.15, -0.1) is 0 Å². The Bertz CT molecular complexity index is 659. The average molecular weight is 361 g/mol. The Morgan fingerprint density at radius 2 is 1.85 bits per heavy atom. The summed E-state index contributed by atoms with van der Waals surface area (Å²) < 4.78 is 7.64. The van der Waals surface area contributed by atoms with Gasteiger partial charge in [-0.05, 0) is 44.1 Å². The van der Waals surface area contributed by atoms with Crippen molar-refractivity contribution in [1.82, 2.24) is 14.7 Å². The van der Waals surface area contributed by atoms with Crippen LogP contribution in [0.1, 0.15) is 61.5 Å². The molecule has 1 N–H and O–H groups in total. The number of aliphatic carboxylic acids is 1. The van der Waals surface area contributed by atoms with Crippen LogP contribution in [0.4, 0.5) is 0 Å². The summed E-state index contributed by atoms with van der Waals surface area (Å²) >= 11 is 0. The van der Waals surface area contributed by atoms with E-state index in [-0.39, 0.29) is 17.9 Å². The summed E-state index contributed by atoms with van der Waals surface area (Å²) in [6.45, 7) is 1.85. The third-order valence-electron chi connectivity index (χ3n) is 6.30. The van der Waals surface area contributed by atoms with Gasteiger partial charge >= 0.3 is 5.97 Å². The molecule has 2 saturated heterocycles. The summed E-state index contributed by atoms with van der Waals surface area (Å²) in [6, 6.07) is 2.18. The summed E-state index contributed by atoms with van der Waals surface area (Å²) in [5.74, 6) is -0.880. The van der Waals surface area contributed by atoms with Crippen LogP contribution in [0.2, 0.25) is 0 Å². The maximum atomic E-state index is 13.0. The monoisotopic (exact) mass is 361 g/mol. The minimum Gasteiger partial charge on any atom is -0.481 e. The fraction of sp³-hybridized carbons (Fsp3) is 0.737. The topological polar surface area (TPSA) is 84.7 Å². The number of piperidine rings is 1. The minimum atomic E-state index is -0.758. The lowest BCUT2D eigenvalue weighted by atomic mass is 9.84. The van der Waals surface area contributed by atoms with Crippen LogP contribution < -0.4 is 0 Å². The van der Waals surface area contributed by atoms with E-state index in [0.717, 1.165) is 25.7 Å². The fourth-order valence-corrected chi connectivity index (χ4v) is 4.86. The molecule has 0 radical (unpaired) electrons. The van der Waals surface area contributed by atoms with E-state index in [0.29, 0.717) is 37.9 Å². The second kappa shape index (κ2) is 7.39. The van der Waals surface area contributed by atoms with Crippen molar-refractivity contribution in [2.45, 2.75) is 57.1 Å². The standard InChI is InChI=1S/C19H27N3O4/c23-18(16-5-9-20-22(16)14-3-1-2-4-14)21-10-6-13(7-11-21)17-15(19(24)25)8-12-26-17/h5,9,13-15,17H,1-4,6-8,10-12H2,(H,24,25)/t15?,17-/m0/s1. The van der Waals surface area contributed by atoms with Gasteiger partial charge in [-0.3, -0.25) is 14.3 Å². The first-order valence-electron chi connectivity index (χ1n) is 9.82. The quantitative estimate of drug-likeness (QED) is 0.890. The average Bonchev–Trinajstić information content (AvgIpc) is 3.41. The lowest BCUT2D eigenvalue weighted by Crippen LogP contribution is -2.43. The van der Waals surface area contributed by atoms with Crippen molar-refractivity contribution in [2.75, 3.05) is 19.7 Å². The van der Waals surface area contributed by atoms with Crippen LogP contribution in [-0.4, -0.2) is 57.5 Å². The van der Waals surface area contributed by atoms with Crippen LogP contribution in [0.3, 0.4) is 0 Å². The van der Waals surface area contributed by atoms with Gasteiger partial charge in [0, 0.05) is 25.9 Å². The van der Waals surface area contributed by atoms with Gasteiger partial charge in [0.2, 0.25) is 0 Å². The molecule has 3 aliphatic rings. The maximum Gasteiger partial charge on any atom is 0.309 e. The minimum absolute atomic E-state index is 0.0509. The number of nitrogens with zero attached hydrogens (tertiary/aromatic N) is 3. The largest absolute Gasteiger partial charge is 0.481 e. The second-order valence-electron chi connectivity index (χ2n) is 7.80. The normalized spacial score (nSPS) is 27.9. The summed E-state index contributed by atoms with van der Waals surface area (Å²) in [6.07, 6.45) is 8.33. The lowest BCUT2D eigenvalue weighted by molar-refractivity contribution is -0.145. The Balaban J connectivity index is 1.38. The van der Waals surface area contributed by atoms with Crippen LogP contribution in [-0.2, 0) is 9.53 Å². The molecule has 26 heavy (non-hydrogen) atoms. The molecule has 0 aromatic carbocycles. The molecule has 1 unspecified atom stereocenters. The summed E-state index contributed by atoms with van der Waals surface area (Å²) in [4.78, 5) is 26.3. The first-order valence-corrected chi connectivity index (χ1v) is 9.82.